The van der Waals surface area contributed by atoms with E-state index in [1.165, 1.54) is 18.5 Å². The summed E-state index contributed by atoms with van der Waals surface area (Å²) in [5.74, 6) is 0.688. The number of hydrogen-bond acceptors (Lipinski definition) is 7. The van der Waals surface area contributed by atoms with Crippen LogP contribution in [0, 0.1) is 0 Å². The van der Waals surface area contributed by atoms with Gasteiger partial charge in [0.1, 0.15) is 16.7 Å². The Labute approximate surface area is 153 Å². The number of halogens is 1. The quantitative estimate of drug-likeness (QED) is 0.678. The average molecular weight is 423 g/mol. The zero-order valence-electron chi connectivity index (χ0n) is 13.1. The Bertz CT molecular complexity index is 1020. The first-order valence-corrected chi connectivity index (χ1v) is 9.98. The van der Waals surface area contributed by atoms with E-state index in [0.717, 1.165) is 30.3 Å². The second-order valence-corrected chi connectivity index (χ2v) is 8.10. The van der Waals surface area contributed by atoms with Crippen molar-refractivity contribution in [3.05, 3.63) is 41.3 Å². The third-order valence-corrected chi connectivity index (χ3v) is 6.19. The number of fused-ring (bicyclic) bond motifs is 1. The first-order valence-electron chi connectivity index (χ1n) is 7.74. The molecule has 0 amide bonds. The zero-order chi connectivity index (χ0) is 17.4. The molecule has 1 aliphatic rings. The van der Waals surface area contributed by atoms with Gasteiger partial charge in [-0.3, -0.25) is 0 Å². The van der Waals surface area contributed by atoms with Crippen molar-refractivity contribution >= 4 is 42.8 Å². The zero-order valence-corrected chi connectivity index (χ0v) is 15.5. The molecule has 0 unspecified atom stereocenters. The summed E-state index contributed by atoms with van der Waals surface area (Å²) in [6, 6.07) is 8.19. The monoisotopic (exact) mass is 422 g/mol. The molecule has 0 radical (unpaired) electrons. The van der Waals surface area contributed by atoms with Crippen molar-refractivity contribution in [1.82, 2.24) is 24.5 Å². The summed E-state index contributed by atoms with van der Waals surface area (Å²) in [4.78, 5) is 10.8. The van der Waals surface area contributed by atoms with Crippen LogP contribution in [0.1, 0.15) is 0 Å². The average Bonchev–Trinajstić information content (AvgIpc) is 3.01. The molecule has 0 spiro atoms. The molecular formula is C15H15BrN6O2S. The number of aromatic nitrogens is 4. The summed E-state index contributed by atoms with van der Waals surface area (Å²) >= 11 is 3.38. The van der Waals surface area contributed by atoms with Crippen molar-refractivity contribution in [1.29, 1.82) is 0 Å². The lowest BCUT2D eigenvalue weighted by Crippen LogP contribution is -2.44. The highest BCUT2D eigenvalue weighted by molar-refractivity contribution is 9.10. The van der Waals surface area contributed by atoms with Crippen LogP contribution < -0.4 is 10.2 Å². The molecule has 0 aliphatic carbocycles. The number of nitrogens with one attached hydrogen (secondary N) is 1. The van der Waals surface area contributed by atoms with Crippen molar-refractivity contribution < 1.29 is 8.42 Å². The maximum Gasteiger partial charge on any atom is 0.284 e. The van der Waals surface area contributed by atoms with Crippen molar-refractivity contribution in [2.45, 2.75) is 4.90 Å². The highest BCUT2D eigenvalue weighted by Gasteiger charge is 2.27. The third-order valence-electron chi connectivity index (χ3n) is 4.06. The number of hydrogen-bond donors (Lipinski definition) is 1. The minimum Gasteiger partial charge on any atom is -0.353 e. The first kappa shape index (κ1) is 16.4. The Morgan fingerprint density at radius 1 is 1.08 bits per heavy atom. The van der Waals surface area contributed by atoms with Crippen LogP contribution in [-0.2, 0) is 10.0 Å². The Balaban J connectivity index is 1.90. The van der Waals surface area contributed by atoms with Gasteiger partial charge in [-0.2, -0.15) is 8.42 Å². The van der Waals surface area contributed by atoms with E-state index in [-0.39, 0.29) is 10.5 Å². The van der Waals surface area contributed by atoms with Crippen molar-refractivity contribution in [2.75, 3.05) is 31.1 Å². The van der Waals surface area contributed by atoms with Gasteiger partial charge in [-0.15, -0.1) is 9.19 Å². The highest BCUT2D eigenvalue weighted by Crippen LogP contribution is 2.31. The van der Waals surface area contributed by atoms with Gasteiger partial charge in [-0.25, -0.2) is 9.97 Å². The summed E-state index contributed by atoms with van der Waals surface area (Å²) in [7, 11) is -3.84. The molecule has 1 fully saturated rings. The molecule has 8 nitrogen and oxygen atoms in total. The van der Waals surface area contributed by atoms with E-state index in [9.17, 15) is 8.42 Å². The van der Waals surface area contributed by atoms with Crippen LogP contribution in [0.5, 0.6) is 0 Å². The molecule has 0 bridgehead atoms. The second-order valence-electron chi connectivity index (χ2n) is 5.58. The van der Waals surface area contributed by atoms with E-state index in [1.54, 1.807) is 18.2 Å². The molecule has 0 saturated carbocycles. The number of rotatable bonds is 3. The maximum absolute atomic E-state index is 12.9. The molecular weight excluding hydrogens is 408 g/mol. The molecule has 2 aromatic heterocycles. The maximum atomic E-state index is 12.9. The standard InChI is InChI=1S/C15H15BrN6O2S/c16-13-12-14(21-8-6-17-7-9-21)18-10-19-15(12)22(20-13)25(23,24)11-4-2-1-3-5-11/h1-5,10,17H,6-9H2. The fourth-order valence-electron chi connectivity index (χ4n) is 2.85. The lowest BCUT2D eigenvalue weighted by atomic mass is 10.3. The number of nitrogens with zero attached hydrogens (tertiary/aromatic N) is 5. The molecule has 1 aliphatic heterocycles. The summed E-state index contributed by atoms with van der Waals surface area (Å²) in [5, 5.41) is 8.08. The third kappa shape index (κ3) is 2.79. The van der Waals surface area contributed by atoms with Crippen LogP contribution in [0.4, 0.5) is 5.82 Å². The largest absolute Gasteiger partial charge is 0.353 e. The second kappa shape index (κ2) is 6.36. The van der Waals surface area contributed by atoms with E-state index in [2.05, 4.69) is 41.2 Å². The van der Waals surface area contributed by atoms with Gasteiger partial charge in [-0.1, -0.05) is 18.2 Å². The summed E-state index contributed by atoms with van der Waals surface area (Å²) in [6.45, 7) is 3.27. The summed E-state index contributed by atoms with van der Waals surface area (Å²) in [6.07, 6.45) is 1.38. The van der Waals surface area contributed by atoms with Gasteiger partial charge in [-0.05, 0) is 28.1 Å². The summed E-state index contributed by atoms with van der Waals surface area (Å²) in [5.41, 5.74) is 0.263. The minimum atomic E-state index is -3.84. The fourth-order valence-corrected chi connectivity index (χ4v) is 4.72. The van der Waals surface area contributed by atoms with E-state index >= 15 is 0 Å². The topological polar surface area (TPSA) is 93.0 Å². The Morgan fingerprint density at radius 2 is 1.80 bits per heavy atom. The van der Waals surface area contributed by atoms with Crippen LogP contribution >= 0.6 is 15.9 Å². The molecule has 1 aromatic carbocycles. The Hall–Kier alpha value is -2.04. The van der Waals surface area contributed by atoms with E-state index in [0.29, 0.717) is 15.8 Å². The molecule has 10 heteroatoms. The normalized spacial score (nSPS) is 15.6. The van der Waals surface area contributed by atoms with Gasteiger partial charge in [0.25, 0.3) is 10.0 Å². The first-order chi connectivity index (χ1) is 12.1. The number of anilines is 1. The Kier molecular flexibility index (Phi) is 4.18. The van der Waals surface area contributed by atoms with Gasteiger partial charge < -0.3 is 10.2 Å². The fraction of sp³-hybridized carbons (Fsp3) is 0.267. The molecule has 1 saturated heterocycles. The van der Waals surface area contributed by atoms with Crippen molar-refractivity contribution in [3.63, 3.8) is 0 Å². The predicted molar refractivity (Wildman–Crippen MR) is 97.1 cm³/mol. The predicted octanol–water partition coefficient (Wildman–Crippen LogP) is 1.24. The molecule has 0 atom stereocenters. The highest BCUT2D eigenvalue weighted by atomic mass is 79.9. The van der Waals surface area contributed by atoms with Crippen molar-refractivity contribution in [2.24, 2.45) is 0 Å². The molecule has 3 aromatic rings. The molecule has 4 rings (SSSR count). The van der Waals surface area contributed by atoms with Crippen LogP contribution in [0.15, 0.2) is 46.2 Å². The van der Waals surface area contributed by atoms with Gasteiger partial charge in [0, 0.05) is 26.2 Å². The van der Waals surface area contributed by atoms with Crippen molar-refractivity contribution in [3.8, 4) is 0 Å². The van der Waals surface area contributed by atoms with Crippen LogP contribution in [0.25, 0.3) is 11.0 Å². The van der Waals surface area contributed by atoms with Gasteiger partial charge in [0.15, 0.2) is 5.65 Å². The van der Waals surface area contributed by atoms with Crippen LogP contribution in [-0.4, -0.2) is 53.8 Å². The molecule has 1 N–H and O–H groups in total. The lowest BCUT2D eigenvalue weighted by molar-refractivity contribution is 0.581. The smallest absolute Gasteiger partial charge is 0.284 e. The Morgan fingerprint density at radius 3 is 2.52 bits per heavy atom. The van der Waals surface area contributed by atoms with Gasteiger partial charge in [0.2, 0.25) is 0 Å². The van der Waals surface area contributed by atoms with E-state index in [1.807, 2.05) is 0 Å². The lowest BCUT2D eigenvalue weighted by Gasteiger charge is -2.28. The minimum absolute atomic E-state index is 0.161. The van der Waals surface area contributed by atoms with Gasteiger partial charge in [0.05, 0.1) is 10.3 Å². The molecule has 3 heterocycles. The molecule has 25 heavy (non-hydrogen) atoms. The van der Waals surface area contributed by atoms with Crippen LogP contribution in [0.3, 0.4) is 0 Å². The summed E-state index contributed by atoms with van der Waals surface area (Å²) < 4.78 is 27.3. The number of benzene rings is 1. The van der Waals surface area contributed by atoms with E-state index in [4.69, 9.17) is 0 Å². The van der Waals surface area contributed by atoms with Crippen LogP contribution in [0.2, 0.25) is 0 Å². The molecule has 130 valence electrons. The van der Waals surface area contributed by atoms with Gasteiger partial charge >= 0.3 is 0 Å². The SMILES string of the molecule is O=S(=O)(c1ccccc1)n1nc(Br)c2c(N3CCNCC3)ncnc21. The van der Waals surface area contributed by atoms with E-state index < -0.39 is 10.0 Å². The number of piperazine rings is 1.